The van der Waals surface area contributed by atoms with E-state index in [4.69, 9.17) is 13.9 Å². The van der Waals surface area contributed by atoms with Gasteiger partial charge in [0.2, 0.25) is 0 Å². The standard InChI is InChI=1S/C13H13NO4/c1-16-9-5-3-6-10(17-2)12(9)14-13(15)11-7-4-8-18-11/h3-8H,1-2H3,(H,14,15). The summed E-state index contributed by atoms with van der Waals surface area (Å²) in [5.74, 6) is 0.911. The van der Waals surface area contributed by atoms with E-state index in [1.54, 1.807) is 30.3 Å². The Kier molecular flexibility index (Phi) is 3.52. The van der Waals surface area contributed by atoms with Gasteiger partial charge in [-0.15, -0.1) is 0 Å². The Bertz CT molecular complexity index is 512. The van der Waals surface area contributed by atoms with Gasteiger partial charge in [-0.25, -0.2) is 0 Å². The fourth-order valence-corrected chi connectivity index (χ4v) is 1.56. The zero-order valence-electron chi connectivity index (χ0n) is 10.1. The van der Waals surface area contributed by atoms with Crippen LogP contribution in [0.2, 0.25) is 0 Å². The second-order valence-electron chi connectivity index (χ2n) is 3.47. The normalized spacial score (nSPS) is 9.89. The highest BCUT2D eigenvalue weighted by Gasteiger charge is 2.15. The summed E-state index contributed by atoms with van der Waals surface area (Å²) in [7, 11) is 3.05. The first-order valence-corrected chi connectivity index (χ1v) is 5.32. The number of anilines is 1. The van der Waals surface area contributed by atoms with Crippen molar-refractivity contribution >= 4 is 11.6 Å². The van der Waals surface area contributed by atoms with Crippen molar-refractivity contribution in [2.45, 2.75) is 0 Å². The van der Waals surface area contributed by atoms with Crippen molar-refractivity contribution in [1.82, 2.24) is 0 Å². The highest BCUT2D eigenvalue weighted by molar-refractivity contribution is 6.04. The minimum atomic E-state index is -0.359. The molecule has 0 unspecified atom stereocenters. The van der Waals surface area contributed by atoms with Crippen LogP contribution in [0, 0.1) is 0 Å². The maximum atomic E-state index is 11.9. The van der Waals surface area contributed by atoms with Crippen molar-refractivity contribution in [3.63, 3.8) is 0 Å². The number of benzene rings is 1. The van der Waals surface area contributed by atoms with Gasteiger partial charge in [0.25, 0.3) is 5.91 Å². The molecule has 0 fully saturated rings. The number of methoxy groups -OCH3 is 2. The largest absolute Gasteiger partial charge is 0.494 e. The van der Waals surface area contributed by atoms with Crippen LogP contribution in [0.4, 0.5) is 5.69 Å². The van der Waals surface area contributed by atoms with E-state index in [1.165, 1.54) is 20.5 Å². The first-order valence-electron chi connectivity index (χ1n) is 5.32. The van der Waals surface area contributed by atoms with Gasteiger partial charge >= 0.3 is 0 Å². The first-order chi connectivity index (χ1) is 8.76. The number of amides is 1. The van der Waals surface area contributed by atoms with Crippen LogP contribution in [-0.4, -0.2) is 20.1 Å². The highest BCUT2D eigenvalue weighted by atomic mass is 16.5. The summed E-state index contributed by atoms with van der Waals surface area (Å²) in [6, 6.07) is 8.48. The molecule has 0 radical (unpaired) electrons. The summed E-state index contributed by atoms with van der Waals surface area (Å²) < 4.78 is 15.4. The summed E-state index contributed by atoms with van der Waals surface area (Å²) in [5, 5.41) is 2.70. The molecule has 0 saturated heterocycles. The molecule has 2 aromatic rings. The van der Waals surface area contributed by atoms with Crippen LogP contribution in [0.1, 0.15) is 10.6 Å². The average molecular weight is 247 g/mol. The van der Waals surface area contributed by atoms with Gasteiger partial charge in [-0.2, -0.15) is 0 Å². The number of carbonyl (C=O) groups excluding carboxylic acids is 1. The van der Waals surface area contributed by atoms with E-state index in [0.29, 0.717) is 17.2 Å². The Morgan fingerprint density at radius 1 is 1.11 bits per heavy atom. The molecule has 0 saturated carbocycles. The lowest BCUT2D eigenvalue weighted by Gasteiger charge is -2.13. The second kappa shape index (κ2) is 5.27. The zero-order chi connectivity index (χ0) is 13.0. The molecule has 94 valence electrons. The molecule has 2 rings (SSSR count). The molecule has 0 aliphatic heterocycles. The van der Waals surface area contributed by atoms with E-state index in [2.05, 4.69) is 5.32 Å². The number of furan rings is 1. The van der Waals surface area contributed by atoms with Gasteiger partial charge < -0.3 is 19.2 Å². The fraction of sp³-hybridized carbons (Fsp3) is 0.154. The van der Waals surface area contributed by atoms with E-state index in [9.17, 15) is 4.79 Å². The lowest BCUT2D eigenvalue weighted by molar-refractivity contribution is 0.0996. The number of hydrogen-bond acceptors (Lipinski definition) is 4. The zero-order valence-corrected chi connectivity index (χ0v) is 10.1. The molecular weight excluding hydrogens is 234 g/mol. The molecule has 1 N–H and O–H groups in total. The molecule has 5 nitrogen and oxygen atoms in total. The van der Waals surface area contributed by atoms with Crippen LogP contribution in [0.15, 0.2) is 41.0 Å². The summed E-state index contributed by atoms with van der Waals surface area (Å²) in [4.78, 5) is 11.9. The van der Waals surface area contributed by atoms with Crippen molar-refractivity contribution < 1.29 is 18.7 Å². The molecule has 1 heterocycles. The van der Waals surface area contributed by atoms with Crippen LogP contribution in [-0.2, 0) is 0 Å². The SMILES string of the molecule is COc1cccc(OC)c1NC(=O)c1ccco1. The van der Waals surface area contributed by atoms with Gasteiger partial charge in [0.05, 0.1) is 20.5 Å². The van der Waals surface area contributed by atoms with E-state index in [1.807, 2.05) is 0 Å². The molecule has 1 aromatic carbocycles. The summed E-state index contributed by atoms with van der Waals surface area (Å²) in [6.45, 7) is 0. The number of para-hydroxylation sites is 1. The molecule has 0 spiro atoms. The Morgan fingerprint density at radius 2 is 1.78 bits per heavy atom. The molecule has 5 heteroatoms. The summed E-state index contributed by atoms with van der Waals surface area (Å²) in [6.07, 6.45) is 1.44. The minimum absolute atomic E-state index is 0.225. The maximum absolute atomic E-state index is 11.9. The van der Waals surface area contributed by atoms with E-state index in [-0.39, 0.29) is 11.7 Å². The number of hydrogen-bond donors (Lipinski definition) is 1. The van der Waals surface area contributed by atoms with E-state index >= 15 is 0 Å². The lowest BCUT2D eigenvalue weighted by atomic mass is 10.2. The third-order valence-electron chi connectivity index (χ3n) is 2.41. The maximum Gasteiger partial charge on any atom is 0.291 e. The Balaban J connectivity index is 2.30. The molecule has 0 atom stereocenters. The predicted molar refractivity (Wildman–Crippen MR) is 66.2 cm³/mol. The van der Waals surface area contributed by atoms with Crippen molar-refractivity contribution in [1.29, 1.82) is 0 Å². The van der Waals surface area contributed by atoms with Gasteiger partial charge in [0.15, 0.2) is 5.76 Å². The van der Waals surface area contributed by atoms with Gasteiger partial charge in [0.1, 0.15) is 17.2 Å². The molecule has 0 aliphatic carbocycles. The molecular formula is C13H13NO4. The number of carbonyl (C=O) groups is 1. The predicted octanol–water partition coefficient (Wildman–Crippen LogP) is 2.55. The number of ether oxygens (including phenoxy) is 2. The highest BCUT2D eigenvalue weighted by Crippen LogP contribution is 2.34. The van der Waals surface area contributed by atoms with Crippen molar-refractivity contribution in [2.24, 2.45) is 0 Å². The monoisotopic (exact) mass is 247 g/mol. The van der Waals surface area contributed by atoms with Gasteiger partial charge in [0, 0.05) is 0 Å². The molecule has 1 amide bonds. The van der Waals surface area contributed by atoms with Crippen molar-refractivity contribution in [3.8, 4) is 11.5 Å². The molecule has 1 aromatic heterocycles. The third kappa shape index (κ3) is 2.29. The topological polar surface area (TPSA) is 60.7 Å². The summed E-state index contributed by atoms with van der Waals surface area (Å²) in [5.41, 5.74) is 0.476. The van der Waals surface area contributed by atoms with E-state index < -0.39 is 0 Å². The molecule has 0 aliphatic rings. The van der Waals surface area contributed by atoms with Crippen LogP contribution < -0.4 is 14.8 Å². The third-order valence-corrected chi connectivity index (χ3v) is 2.41. The summed E-state index contributed by atoms with van der Waals surface area (Å²) >= 11 is 0. The van der Waals surface area contributed by atoms with Crippen molar-refractivity contribution in [2.75, 3.05) is 19.5 Å². The number of nitrogens with one attached hydrogen (secondary N) is 1. The van der Waals surface area contributed by atoms with Gasteiger partial charge in [-0.1, -0.05) is 6.07 Å². The van der Waals surface area contributed by atoms with Crippen molar-refractivity contribution in [3.05, 3.63) is 42.4 Å². The molecule has 0 bridgehead atoms. The van der Waals surface area contributed by atoms with Crippen LogP contribution >= 0.6 is 0 Å². The smallest absolute Gasteiger partial charge is 0.291 e. The van der Waals surface area contributed by atoms with Crippen LogP contribution in [0.3, 0.4) is 0 Å². The second-order valence-corrected chi connectivity index (χ2v) is 3.47. The Hall–Kier alpha value is -2.43. The lowest BCUT2D eigenvalue weighted by Crippen LogP contribution is -2.12. The minimum Gasteiger partial charge on any atom is -0.494 e. The van der Waals surface area contributed by atoms with Gasteiger partial charge in [-0.05, 0) is 24.3 Å². The van der Waals surface area contributed by atoms with Gasteiger partial charge in [-0.3, -0.25) is 4.79 Å². The molecule has 18 heavy (non-hydrogen) atoms. The fourth-order valence-electron chi connectivity index (χ4n) is 1.56. The number of rotatable bonds is 4. The van der Waals surface area contributed by atoms with Crippen LogP contribution in [0.5, 0.6) is 11.5 Å². The quantitative estimate of drug-likeness (QED) is 0.901. The Labute approximate surface area is 104 Å². The van der Waals surface area contributed by atoms with E-state index in [0.717, 1.165) is 0 Å². The van der Waals surface area contributed by atoms with Crippen LogP contribution in [0.25, 0.3) is 0 Å². The first kappa shape index (κ1) is 12.0. The average Bonchev–Trinajstić information content (AvgIpc) is 2.93. The Morgan fingerprint density at radius 3 is 2.28 bits per heavy atom.